The molecule has 3 rings (SSSR count). The van der Waals surface area contributed by atoms with E-state index in [0.717, 1.165) is 11.1 Å². The number of para-hydroxylation sites is 1. The van der Waals surface area contributed by atoms with Crippen LogP contribution in [0.25, 0.3) is 0 Å². The fraction of sp³-hybridized carbons (Fsp3) is 0.407. The Morgan fingerprint density at radius 1 is 1.06 bits per heavy atom. The first-order valence-electron chi connectivity index (χ1n) is 12.2. The predicted octanol–water partition coefficient (Wildman–Crippen LogP) is 1.49. The lowest BCUT2D eigenvalue weighted by molar-refractivity contribution is -0.131. The average molecular weight is 495 g/mol. The minimum absolute atomic E-state index is 0.137. The number of rotatable bonds is 5. The van der Waals surface area contributed by atoms with Gasteiger partial charge in [-0.25, -0.2) is 0 Å². The second-order valence-corrected chi connectivity index (χ2v) is 9.12. The molecule has 0 radical (unpaired) electrons. The standard InChI is InChI=1S/C27H34N4O5/c1-17(2)24-27(35)29-14-15-36-22-11-7-6-10-20(22)25(33)30-21(16-23(32)31-24)26(34)28-13-12-19-9-5-4-8-18(19)3/h4-11,17,21,24H,12-16H2,1-3H3,(H,28,34)(H,29,35)(H,30,33)(H,31,32)/t21-,24+/m0/s1. The van der Waals surface area contributed by atoms with E-state index in [0.29, 0.717) is 18.7 Å². The third kappa shape index (κ3) is 7.31. The molecule has 2 aromatic carbocycles. The van der Waals surface area contributed by atoms with Crippen LogP contribution in [0.2, 0.25) is 0 Å². The molecule has 4 amide bonds. The van der Waals surface area contributed by atoms with Crippen LogP contribution in [0.3, 0.4) is 0 Å². The second-order valence-electron chi connectivity index (χ2n) is 9.12. The molecule has 0 unspecified atom stereocenters. The van der Waals surface area contributed by atoms with E-state index in [1.165, 1.54) is 0 Å². The van der Waals surface area contributed by atoms with E-state index >= 15 is 0 Å². The molecule has 0 fully saturated rings. The number of fused-ring (bicyclic) bond motifs is 1. The summed E-state index contributed by atoms with van der Waals surface area (Å²) < 4.78 is 5.73. The quantitative estimate of drug-likeness (QED) is 0.501. The van der Waals surface area contributed by atoms with Gasteiger partial charge in [0.2, 0.25) is 17.7 Å². The van der Waals surface area contributed by atoms with E-state index < -0.39 is 29.8 Å². The van der Waals surface area contributed by atoms with Gasteiger partial charge in [0.05, 0.1) is 18.5 Å². The van der Waals surface area contributed by atoms with E-state index in [-0.39, 0.29) is 37.0 Å². The van der Waals surface area contributed by atoms with Gasteiger partial charge in [-0.1, -0.05) is 50.2 Å². The summed E-state index contributed by atoms with van der Waals surface area (Å²) in [4.78, 5) is 51.7. The summed E-state index contributed by atoms with van der Waals surface area (Å²) in [5.74, 6) is -1.72. The molecule has 1 aliphatic heterocycles. The summed E-state index contributed by atoms with van der Waals surface area (Å²) in [6, 6.07) is 12.6. The van der Waals surface area contributed by atoms with Gasteiger partial charge in [0, 0.05) is 6.54 Å². The maximum Gasteiger partial charge on any atom is 0.255 e. The second kappa shape index (κ2) is 12.7. The fourth-order valence-corrected chi connectivity index (χ4v) is 3.96. The molecule has 0 spiro atoms. The van der Waals surface area contributed by atoms with Crippen LogP contribution in [-0.4, -0.2) is 55.4 Å². The first-order valence-corrected chi connectivity index (χ1v) is 12.2. The van der Waals surface area contributed by atoms with Gasteiger partial charge in [0.15, 0.2) is 0 Å². The lowest BCUT2D eigenvalue weighted by Crippen LogP contribution is -2.54. The maximum atomic E-state index is 13.1. The lowest BCUT2D eigenvalue weighted by atomic mass is 10.0. The maximum absolute atomic E-state index is 13.1. The molecule has 1 aliphatic rings. The van der Waals surface area contributed by atoms with Crippen LogP contribution in [0.5, 0.6) is 5.75 Å². The highest BCUT2D eigenvalue weighted by Crippen LogP contribution is 2.18. The Labute approximate surface area is 211 Å². The Morgan fingerprint density at radius 3 is 2.53 bits per heavy atom. The number of amides is 4. The van der Waals surface area contributed by atoms with Crippen molar-refractivity contribution in [2.24, 2.45) is 5.92 Å². The number of benzene rings is 2. The summed E-state index contributed by atoms with van der Waals surface area (Å²) in [5.41, 5.74) is 2.45. The van der Waals surface area contributed by atoms with E-state index in [1.807, 2.05) is 45.0 Å². The molecule has 9 heteroatoms. The molecule has 9 nitrogen and oxygen atoms in total. The topological polar surface area (TPSA) is 126 Å². The normalized spacial score (nSPS) is 19.2. The monoisotopic (exact) mass is 494 g/mol. The number of nitrogens with one attached hydrogen (secondary N) is 4. The molecule has 4 N–H and O–H groups in total. The molecule has 0 saturated carbocycles. The van der Waals surface area contributed by atoms with Crippen molar-refractivity contribution in [3.05, 3.63) is 65.2 Å². The fourth-order valence-electron chi connectivity index (χ4n) is 3.96. The van der Waals surface area contributed by atoms with E-state index in [4.69, 9.17) is 4.74 Å². The van der Waals surface area contributed by atoms with Crippen molar-refractivity contribution in [1.82, 2.24) is 21.3 Å². The zero-order valence-corrected chi connectivity index (χ0v) is 20.9. The lowest BCUT2D eigenvalue weighted by Gasteiger charge is -2.24. The largest absolute Gasteiger partial charge is 0.491 e. The van der Waals surface area contributed by atoms with E-state index in [9.17, 15) is 19.2 Å². The summed E-state index contributed by atoms with van der Waals surface area (Å²) in [6.45, 7) is 6.32. The first-order chi connectivity index (χ1) is 17.3. The van der Waals surface area contributed by atoms with E-state index in [2.05, 4.69) is 21.3 Å². The van der Waals surface area contributed by atoms with Gasteiger partial charge in [-0.05, 0) is 42.5 Å². The zero-order valence-electron chi connectivity index (χ0n) is 20.9. The van der Waals surface area contributed by atoms with E-state index in [1.54, 1.807) is 24.3 Å². The highest BCUT2D eigenvalue weighted by molar-refractivity contribution is 6.01. The highest BCUT2D eigenvalue weighted by Gasteiger charge is 2.29. The van der Waals surface area contributed by atoms with Gasteiger partial charge in [-0.3, -0.25) is 19.2 Å². The van der Waals surface area contributed by atoms with Crippen molar-refractivity contribution in [2.45, 2.75) is 45.7 Å². The minimum Gasteiger partial charge on any atom is -0.491 e. The first kappa shape index (κ1) is 26.7. The number of hydrogen-bond donors (Lipinski definition) is 4. The van der Waals surface area contributed by atoms with Crippen LogP contribution < -0.4 is 26.0 Å². The summed E-state index contributed by atoms with van der Waals surface area (Å²) >= 11 is 0. The SMILES string of the molecule is Cc1ccccc1CCNC(=O)[C@@H]1CC(=O)N[C@H](C(C)C)C(=O)NCCOc2ccccc2C(=O)N1. The van der Waals surface area contributed by atoms with Crippen LogP contribution >= 0.6 is 0 Å². The Kier molecular flexibility index (Phi) is 9.44. The minimum atomic E-state index is -1.14. The molecule has 2 atom stereocenters. The molecule has 36 heavy (non-hydrogen) atoms. The molecule has 0 bridgehead atoms. The Bertz CT molecular complexity index is 1100. The van der Waals surface area contributed by atoms with Crippen molar-refractivity contribution < 1.29 is 23.9 Å². The molecular weight excluding hydrogens is 460 g/mol. The van der Waals surface area contributed by atoms with Crippen molar-refractivity contribution in [3.8, 4) is 5.75 Å². The van der Waals surface area contributed by atoms with Gasteiger partial charge < -0.3 is 26.0 Å². The predicted molar refractivity (Wildman–Crippen MR) is 135 cm³/mol. The van der Waals surface area contributed by atoms with Gasteiger partial charge >= 0.3 is 0 Å². The Morgan fingerprint density at radius 2 is 1.78 bits per heavy atom. The average Bonchev–Trinajstić information content (AvgIpc) is 2.85. The van der Waals surface area contributed by atoms with Gasteiger partial charge in [0.25, 0.3) is 5.91 Å². The van der Waals surface area contributed by atoms with Crippen LogP contribution in [0.15, 0.2) is 48.5 Å². The molecule has 1 heterocycles. The van der Waals surface area contributed by atoms with Crippen molar-refractivity contribution in [3.63, 3.8) is 0 Å². The summed E-state index contributed by atoms with van der Waals surface area (Å²) in [5, 5.41) is 11.0. The van der Waals surface area contributed by atoms with Crippen molar-refractivity contribution >= 4 is 23.6 Å². The van der Waals surface area contributed by atoms with Crippen LogP contribution in [-0.2, 0) is 20.8 Å². The number of hydrogen-bond acceptors (Lipinski definition) is 5. The molecule has 2 aromatic rings. The van der Waals surface area contributed by atoms with Crippen LogP contribution in [0.1, 0.15) is 41.8 Å². The molecule has 192 valence electrons. The Balaban J connectivity index is 1.80. The highest BCUT2D eigenvalue weighted by atomic mass is 16.5. The third-order valence-electron chi connectivity index (χ3n) is 6.02. The summed E-state index contributed by atoms with van der Waals surface area (Å²) in [6.07, 6.45) is 0.291. The van der Waals surface area contributed by atoms with Crippen LogP contribution in [0, 0.1) is 12.8 Å². The Hall–Kier alpha value is -3.88. The molecule has 0 aromatic heterocycles. The zero-order chi connectivity index (χ0) is 26.1. The van der Waals surface area contributed by atoms with Gasteiger partial charge in [-0.2, -0.15) is 0 Å². The van der Waals surface area contributed by atoms with Gasteiger partial charge in [-0.15, -0.1) is 0 Å². The third-order valence-corrected chi connectivity index (χ3v) is 6.02. The molecule has 0 saturated heterocycles. The molecular formula is C27H34N4O5. The van der Waals surface area contributed by atoms with Crippen LogP contribution in [0.4, 0.5) is 0 Å². The number of ether oxygens (including phenoxy) is 1. The smallest absolute Gasteiger partial charge is 0.255 e. The number of carbonyl (C=O) groups excluding carboxylic acids is 4. The van der Waals surface area contributed by atoms with Crippen molar-refractivity contribution in [2.75, 3.05) is 19.7 Å². The number of aryl methyl sites for hydroxylation is 1. The van der Waals surface area contributed by atoms with Crippen molar-refractivity contribution in [1.29, 1.82) is 0 Å². The molecule has 0 aliphatic carbocycles. The van der Waals surface area contributed by atoms with Gasteiger partial charge in [0.1, 0.15) is 24.4 Å². The number of carbonyl (C=O) groups is 4. The summed E-state index contributed by atoms with van der Waals surface area (Å²) in [7, 11) is 0.